The number of rotatable bonds is 4. The van der Waals surface area contributed by atoms with Crippen LogP contribution in [0.1, 0.15) is 12.8 Å². The van der Waals surface area contributed by atoms with E-state index >= 15 is 0 Å². The number of likely N-dealkylation sites (N-methyl/N-ethyl adjacent to an activating group) is 1. The zero-order chi connectivity index (χ0) is 12.4. The van der Waals surface area contributed by atoms with Crippen molar-refractivity contribution < 1.29 is 9.18 Å². The van der Waals surface area contributed by atoms with Crippen molar-refractivity contribution in [2.45, 2.75) is 18.9 Å². The summed E-state index contributed by atoms with van der Waals surface area (Å²) in [7, 11) is 1.92. The van der Waals surface area contributed by atoms with Crippen molar-refractivity contribution >= 4 is 17.3 Å². The minimum Gasteiger partial charge on any atom is -0.397 e. The lowest BCUT2D eigenvalue weighted by atomic mass is 10.2. The van der Waals surface area contributed by atoms with E-state index < -0.39 is 5.82 Å². The molecular formula is C12H16FN3O. The number of nitrogens with one attached hydrogen (secondary N) is 1. The number of amides is 1. The molecule has 0 atom stereocenters. The van der Waals surface area contributed by atoms with Gasteiger partial charge in [0.05, 0.1) is 17.9 Å². The number of nitrogen functional groups attached to an aromatic ring is 1. The largest absolute Gasteiger partial charge is 0.397 e. The topological polar surface area (TPSA) is 58.4 Å². The highest BCUT2D eigenvalue weighted by Crippen LogP contribution is 2.25. The Kier molecular flexibility index (Phi) is 3.28. The van der Waals surface area contributed by atoms with E-state index in [1.54, 1.807) is 0 Å². The molecule has 0 bridgehead atoms. The first kappa shape index (κ1) is 11.9. The Morgan fingerprint density at radius 3 is 2.88 bits per heavy atom. The summed E-state index contributed by atoms with van der Waals surface area (Å²) in [5, 5.41) is 2.68. The summed E-state index contributed by atoms with van der Waals surface area (Å²) in [6.45, 7) is 0.335. The van der Waals surface area contributed by atoms with Crippen molar-refractivity contribution in [3.63, 3.8) is 0 Å². The van der Waals surface area contributed by atoms with Gasteiger partial charge in [0.25, 0.3) is 0 Å². The molecule has 1 aromatic carbocycles. The minimum atomic E-state index is -0.407. The third kappa shape index (κ3) is 3.17. The summed E-state index contributed by atoms with van der Waals surface area (Å²) in [6, 6.07) is 4.47. The summed E-state index contributed by atoms with van der Waals surface area (Å²) in [5.74, 6) is -0.534. The van der Waals surface area contributed by atoms with Crippen LogP contribution in [0.3, 0.4) is 0 Å². The van der Waals surface area contributed by atoms with E-state index in [0.717, 1.165) is 12.8 Å². The molecule has 1 fully saturated rings. The molecule has 0 heterocycles. The first-order chi connectivity index (χ1) is 8.06. The second-order valence-electron chi connectivity index (χ2n) is 4.43. The van der Waals surface area contributed by atoms with Gasteiger partial charge < -0.3 is 11.1 Å². The second-order valence-corrected chi connectivity index (χ2v) is 4.43. The van der Waals surface area contributed by atoms with Gasteiger partial charge in [-0.2, -0.15) is 0 Å². The fraction of sp³-hybridized carbons (Fsp3) is 0.417. The summed E-state index contributed by atoms with van der Waals surface area (Å²) in [6.07, 6.45) is 2.31. The maximum Gasteiger partial charge on any atom is 0.238 e. The number of hydrogen-bond donors (Lipinski definition) is 2. The molecule has 17 heavy (non-hydrogen) atoms. The molecule has 3 N–H and O–H groups in total. The molecule has 1 saturated carbocycles. The van der Waals surface area contributed by atoms with E-state index in [1.165, 1.54) is 18.2 Å². The van der Waals surface area contributed by atoms with Gasteiger partial charge in [-0.25, -0.2) is 4.39 Å². The van der Waals surface area contributed by atoms with E-state index in [-0.39, 0.29) is 11.6 Å². The monoisotopic (exact) mass is 237 g/mol. The summed E-state index contributed by atoms with van der Waals surface area (Å²) >= 11 is 0. The predicted octanol–water partition coefficient (Wildman–Crippen LogP) is 1.44. The quantitative estimate of drug-likeness (QED) is 0.779. The van der Waals surface area contributed by atoms with Crippen LogP contribution in [0.25, 0.3) is 0 Å². The Morgan fingerprint density at radius 1 is 1.59 bits per heavy atom. The first-order valence-electron chi connectivity index (χ1n) is 5.61. The van der Waals surface area contributed by atoms with Crippen LogP contribution in [0.5, 0.6) is 0 Å². The second kappa shape index (κ2) is 4.71. The lowest BCUT2D eigenvalue weighted by Gasteiger charge is -2.15. The van der Waals surface area contributed by atoms with Gasteiger partial charge >= 0.3 is 0 Å². The van der Waals surface area contributed by atoms with Gasteiger partial charge in [-0.05, 0) is 38.1 Å². The maximum atomic E-state index is 12.8. The number of halogens is 1. The molecule has 1 aliphatic rings. The Balaban J connectivity index is 1.92. The van der Waals surface area contributed by atoms with Crippen molar-refractivity contribution in [2.24, 2.45) is 0 Å². The Morgan fingerprint density at radius 2 is 2.29 bits per heavy atom. The van der Waals surface area contributed by atoms with Crippen LogP contribution in [0, 0.1) is 5.82 Å². The van der Waals surface area contributed by atoms with E-state index in [2.05, 4.69) is 5.32 Å². The fourth-order valence-corrected chi connectivity index (χ4v) is 1.71. The van der Waals surface area contributed by atoms with Crippen LogP contribution >= 0.6 is 0 Å². The Hall–Kier alpha value is -1.62. The first-order valence-corrected chi connectivity index (χ1v) is 5.61. The average molecular weight is 237 g/mol. The zero-order valence-corrected chi connectivity index (χ0v) is 9.74. The van der Waals surface area contributed by atoms with Crippen molar-refractivity contribution in [2.75, 3.05) is 24.6 Å². The molecule has 1 aromatic rings. The predicted molar refractivity (Wildman–Crippen MR) is 65.1 cm³/mol. The fourth-order valence-electron chi connectivity index (χ4n) is 1.71. The maximum absolute atomic E-state index is 12.8. The van der Waals surface area contributed by atoms with Crippen LogP contribution in [0.4, 0.5) is 15.8 Å². The SMILES string of the molecule is CN(CC(=O)Nc1ccc(F)cc1N)C1CC1. The Bertz CT molecular complexity index is 432. The van der Waals surface area contributed by atoms with Gasteiger partial charge in [-0.3, -0.25) is 9.69 Å². The molecule has 1 amide bonds. The van der Waals surface area contributed by atoms with Crippen LogP contribution in [0.15, 0.2) is 18.2 Å². The number of carbonyl (C=O) groups excluding carboxylic acids is 1. The average Bonchev–Trinajstić information content (AvgIpc) is 3.05. The summed E-state index contributed by atoms with van der Waals surface area (Å²) in [5.41, 5.74) is 6.31. The van der Waals surface area contributed by atoms with Crippen LogP contribution in [0.2, 0.25) is 0 Å². The number of nitrogens with zero attached hydrogens (tertiary/aromatic N) is 1. The standard InChI is InChI=1S/C12H16FN3O/c1-16(9-3-4-9)7-12(17)15-11-5-2-8(13)6-10(11)14/h2,5-6,9H,3-4,7,14H2,1H3,(H,15,17). The van der Waals surface area contributed by atoms with Crippen LogP contribution in [-0.4, -0.2) is 30.4 Å². The molecule has 1 aliphatic carbocycles. The van der Waals surface area contributed by atoms with E-state index in [1.807, 2.05) is 11.9 Å². The number of benzene rings is 1. The van der Waals surface area contributed by atoms with E-state index in [9.17, 15) is 9.18 Å². The van der Waals surface area contributed by atoms with Gasteiger partial charge in [0.2, 0.25) is 5.91 Å². The lowest BCUT2D eigenvalue weighted by molar-refractivity contribution is -0.117. The van der Waals surface area contributed by atoms with Gasteiger partial charge in [-0.1, -0.05) is 0 Å². The number of anilines is 2. The third-order valence-electron chi connectivity index (χ3n) is 2.85. The molecule has 92 valence electrons. The Labute approximate surface area is 99.6 Å². The molecule has 0 aliphatic heterocycles. The van der Waals surface area contributed by atoms with Crippen molar-refractivity contribution in [1.29, 1.82) is 0 Å². The highest BCUT2D eigenvalue weighted by atomic mass is 19.1. The lowest BCUT2D eigenvalue weighted by Crippen LogP contribution is -2.31. The van der Waals surface area contributed by atoms with Gasteiger partial charge in [0.1, 0.15) is 5.82 Å². The molecule has 0 aromatic heterocycles. The molecular weight excluding hydrogens is 221 g/mol. The van der Waals surface area contributed by atoms with Gasteiger partial charge in [0, 0.05) is 6.04 Å². The van der Waals surface area contributed by atoms with Gasteiger partial charge in [0.15, 0.2) is 0 Å². The zero-order valence-electron chi connectivity index (χ0n) is 9.74. The number of carbonyl (C=O) groups is 1. The molecule has 0 saturated heterocycles. The van der Waals surface area contributed by atoms with Crippen molar-refractivity contribution in [3.05, 3.63) is 24.0 Å². The molecule has 0 spiro atoms. The molecule has 2 rings (SSSR count). The normalized spacial score (nSPS) is 15.0. The van der Waals surface area contributed by atoms with Crippen molar-refractivity contribution in [1.82, 2.24) is 4.90 Å². The van der Waals surface area contributed by atoms with Gasteiger partial charge in [-0.15, -0.1) is 0 Å². The smallest absolute Gasteiger partial charge is 0.238 e. The van der Waals surface area contributed by atoms with Crippen LogP contribution < -0.4 is 11.1 Å². The highest BCUT2D eigenvalue weighted by Gasteiger charge is 2.27. The summed E-state index contributed by atoms with van der Waals surface area (Å²) in [4.78, 5) is 13.7. The van der Waals surface area contributed by atoms with Crippen LogP contribution in [-0.2, 0) is 4.79 Å². The number of nitrogens with two attached hydrogens (primary N) is 1. The van der Waals surface area contributed by atoms with E-state index in [4.69, 9.17) is 5.73 Å². The third-order valence-corrected chi connectivity index (χ3v) is 2.85. The van der Waals surface area contributed by atoms with Crippen molar-refractivity contribution in [3.8, 4) is 0 Å². The molecule has 5 heteroatoms. The summed E-state index contributed by atoms with van der Waals surface area (Å²) < 4.78 is 12.8. The minimum absolute atomic E-state index is 0.127. The van der Waals surface area contributed by atoms with E-state index in [0.29, 0.717) is 18.3 Å². The molecule has 4 nitrogen and oxygen atoms in total. The highest BCUT2D eigenvalue weighted by molar-refractivity contribution is 5.95. The molecule has 0 radical (unpaired) electrons. The molecule has 0 unspecified atom stereocenters. The number of hydrogen-bond acceptors (Lipinski definition) is 3.